The molecule has 2 bridgehead atoms. The first-order valence-electron chi connectivity index (χ1n) is 5.14. The summed E-state index contributed by atoms with van der Waals surface area (Å²) in [4.78, 5) is 12.7. The average Bonchev–Trinajstić information content (AvgIpc) is 2.62. The van der Waals surface area contributed by atoms with Crippen molar-refractivity contribution >= 4 is 6.09 Å². The number of nitrogens with zero attached hydrogens (tertiary/aromatic N) is 1. The van der Waals surface area contributed by atoms with E-state index in [1.165, 1.54) is 4.90 Å². The minimum atomic E-state index is -0.267. The highest BCUT2D eigenvalue weighted by molar-refractivity contribution is 5.67. The summed E-state index contributed by atoms with van der Waals surface area (Å²) in [6.45, 7) is 0. The Balaban J connectivity index is 1.88. The lowest BCUT2D eigenvalue weighted by molar-refractivity contribution is 0.0159. The van der Waals surface area contributed by atoms with Gasteiger partial charge in [0.25, 0.3) is 0 Å². The zero-order chi connectivity index (χ0) is 10.3. The van der Waals surface area contributed by atoms with Crippen molar-refractivity contribution in [2.45, 2.75) is 31.5 Å². The largest absolute Gasteiger partial charge is 0.446 e. The Bertz CT molecular complexity index is 240. The van der Waals surface area contributed by atoms with E-state index in [0.29, 0.717) is 11.8 Å². The van der Waals surface area contributed by atoms with Crippen LogP contribution in [0.5, 0.6) is 0 Å². The van der Waals surface area contributed by atoms with Gasteiger partial charge in [0.2, 0.25) is 0 Å². The van der Waals surface area contributed by atoms with Gasteiger partial charge in [0.05, 0.1) is 6.10 Å². The zero-order valence-electron chi connectivity index (χ0n) is 8.64. The lowest BCUT2D eigenvalue weighted by atomic mass is 9.95. The monoisotopic (exact) mass is 199 g/mol. The van der Waals surface area contributed by atoms with Crippen LogP contribution in [0.4, 0.5) is 4.79 Å². The van der Waals surface area contributed by atoms with Gasteiger partial charge in [0.15, 0.2) is 0 Å². The van der Waals surface area contributed by atoms with E-state index in [1.54, 1.807) is 14.1 Å². The number of hydrogen-bond donors (Lipinski definition) is 1. The number of rotatable bonds is 1. The van der Waals surface area contributed by atoms with Gasteiger partial charge >= 0.3 is 6.09 Å². The van der Waals surface area contributed by atoms with E-state index in [0.717, 1.165) is 19.3 Å². The molecule has 1 amide bonds. The van der Waals surface area contributed by atoms with Crippen molar-refractivity contribution in [3.05, 3.63) is 0 Å². The molecule has 4 nitrogen and oxygen atoms in total. The van der Waals surface area contributed by atoms with E-state index >= 15 is 0 Å². The molecule has 2 fully saturated rings. The van der Waals surface area contributed by atoms with E-state index in [2.05, 4.69) is 0 Å². The molecule has 0 spiro atoms. The second-order valence-corrected chi connectivity index (χ2v) is 4.61. The maximum absolute atomic E-state index is 11.3. The van der Waals surface area contributed by atoms with Crippen LogP contribution < -0.4 is 0 Å². The third-order valence-corrected chi connectivity index (χ3v) is 3.37. The van der Waals surface area contributed by atoms with Crippen LogP contribution >= 0.6 is 0 Å². The van der Waals surface area contributed by atoms with Crippen LogP contribution in [0.2, 0.25) is 0 Å². The third kappa shape index (κ3) is 1.59. The first-order valence-corrected chi connectivity index (χ1v) is 5.14. The molecule has 0 heterocycles. The Labute approximate surface area is 83.8 Å². The number of amides is 1. The molecule has 0 aliphatic heterocycles. The number of fused-ring (bicyclic) bond motifs is 2. The topological polar surface area (TPSA) is 49.8 Å². The molecular formula is C10H17NO3. The van der Waals surface area contributed by atoms with Crippen molar-refractivity contribution < 1.29 is 14.6 Å². The smallest absolute Gasteiger partial charge is 0.409 e. The number of aliphatic hydroxyl groups excluding tert-OH is 1. The summed E-state index contributed by atoms with van der Waals surface area (Å²) < 4.78 is 5.33. The van der Waals surface area contributed by atoms with Gasteiger partial charge in [-0.3, -0.25) is 0 Å². The molecule has 0 aromatic carbocycles. The van der Waals surface area contributed by atoms with Crippen LogP contribution in [0.15, 0.2) is 0 Å². The lowest BCUT2D eigenvalue weighted by Gasteiger charge is -2.26. The lowest BCUT2D eigenvalue weighted by Crippen LogP contribution is -2.33. The summed E-state index contributed by atoms with van der Waals surface area (Å²) in [5, 5.41) is 9.53. The van der Waals surface area contributed by atoms with Crippen molar-refractivity contribution in [3.63, 3.8) is 0 Å². The van der Waals surface area contributed by atoms with Crippen molar-refractivity contribution in [3.8, 4) is 0 Å². The predicted octanol–water partition coefficient (Wildman–Crippen LogP) is 0.844. The molecule has 4 heteroatoms. The number of hydrogen-bond acceptors (Lipinski definition) is 3. The first kappa shape index (κ1) is 9.77. The van der Waals surface area contributed by atoms with Crippen LogP contribution in [0.3, 0.4) is 0 Å². The molecule has 1 N–H and O–H groups in total. The van der Waals surface area contributed by atoms with E-state index in [-0.39, 0.29) is 18.3 Å². The molecule has 14 heavy (non-hydrogen) atoms. The van der Waals surface area contributed by atoms with Gasteiger partial charge in [0, 0.05) is 14.1 Å². The minimum Gasteiger partial charge on any atom is -0.446 e. The van der Waals surface area contributed by atoms with Crippen molar-refractivity contribution in [2.24, 2.45) is 11.8 Å². The van der Waals surface area contributed by atoms with Crippen LogP contribution in [0.25, 0.3) is 0 Å². The SMILES string of the molecule is CN(C)C(=O)OC1CC2CC1CC2O. The van der Waals surface area contributed by atoms with E-state index in [1.807, 2.05) is 0 Å². The van der Waals surface area contributed by atoms with Crippen LogP contribution in [0, 0.1) is 11.8 Å². The van der Waals surface area contributed by atoms with Gasteiger partial charge in [0.1, 0.15) is 6.10 Å². The number of ether oxygens (including phenoxy) is 1. The van der Waals surface area contributed by atoms with E-state index in [4.69, 9.17) is 4.74 Å². The second-order valence-electron chi connectivity index (χ2n) is 4.61. The molecule has 2 aliphatic rings. The van der Waals surface area contributed by atoms with Gasteiger partial charge in [-0.2, -0.15) is 0 Å². The zero-order valence-corrected chi connectivity index (χ0v) is 8.64. The Kier molecular flexibility index (Phi) is 2.39. The molecule has 2 saturated carbocycles. The van der Waals surface area contributed by atoms with Gasteiger partial charge in [-0.25, -0.2) is 4.79 Å². The minimum absolute atomic E-state index is 0.0401. The fourth-order valence-corrected chi connectivity index (χ4v) is 2.57. The average molecular weight is 199 g/mol. The second kappa shape index (κ2) is 3.42. The van der Waals surface area contributed by atoms with Crippen molar-refractivity contribution in [2.75, 3.05) is 14.1 Å². The highest BCUT2D eigenvalue weighted by Crippen LogP contribution is 2.46. The molecule has 0 aromatic heterocycles. The summed E-state index contributed by atoms with van der Waals surface area (Å²) >= 11 is 0. The molecular weight excluding hydrogens is 182 g/mol. The van der Waals surface area contributed by atoms with Gasteiger partial charge in [-0.05, 0) is 31.1 Å². The normalized spacial score (nSPS) is 39.9. The highest BCUT2D eigenvalue weighted by Gasteiger charge is 2.47. The van der Waals surface area contributed by atoms with Crippen LogP contribution in [-0.4, -0.2) is 42.4 Å². The molecule has 0 radical (unpaired) electrons. The molecule has 2 aliphatic carbocycles. The van der Waals surface area contributed by atoms with Crippen LogP contribution in [0.1, 0.15) is 19.3 Å². The van der Waals surface area contributed by atoms with E-state index in [9.17, 15) is 9.90 Å². The number of aliphatic hydroxyl groups is 1. The Morgan fingerprint density at radius 3 is 2.43 bits per heavy atom. The van der Waals surface area contributed by atoms with E-state index < -0.39 is 0 Å². The Hall–Kier alpha value is -0.770. The summed E-state index contributed by atoms with van der Waals surface area (Å²) in [5.74, 6) is 0.749. The summed E-state index contributed by atoms with van der Waals surface area (Å²) in [6.07, 6.45) is 2.28. The standard InChI is InChI=1S/C10H17NO3/c1-11(2)10(13)14-9-5-6-3-7(9)4-8(6)12/h6-9,12H,3-5H2,1-2H3. The molecule has 4 atom stereocenters. The van der Waals surface area contributed by atoms with Gasteiger partial charge < -0.3 is 14.7 Å². The highest BCUT2D eigenvalue weighted by atomic mass is 16.6. The Morgan fingerprint density at radius 2 is 2.00 bits per heavy atom. The summed E-state index contributed by atoms with van der Waals surface area (Å²) in [7, 11) is 3.37. The Morgan fingerprint density at radius 1 is 1.29 bits per heavy atom. The van der Waals surface area contributed by atoms with Crippen LogP contribution in [-0.2, 0) is 4.74 Å². The first-order chi connectivity index (χ1) is 6.58. The molecule has 4 unspecified atom stereocenters. The summed E-state index contributed by atoms with van der Waals surface area (Å²) in [6, 6.07) is 0. The molecule has 0 saturated heterocycles. The number of carbonyl (C=O) groups excluding carboxylic acids is 1. The maximum Gasteiger partial charge on any atom is 0.409 e. The molecule has 0 aromatic rings. The maximum atomic E-state index is 11.3. The van der Waals surface area contributed by atoms with Crippen molar-refractivity contribution in [1.29, 1.82) is 0 Å². The molecule has 80 valence electrons. The fraction of sp³-hybridized carbons (Fsp3) is 0.900. The predicted molar refractivity (Wildman–Crippen MR) is 50.8 cm³/mol. The third-order valence-electron chi connectivity index (χ3n) is 3.37. The van der Waals surface area contributed by atoms with Gasteiger partial charge in [-0.1, -0.05) is 0 Å². The quantitative estimate of drug-likeness (QED) is 0.681. The fourth-order valence-electron chi connectivity index (χ4n) is 2.57. The van der Waals surface area contributed by atoms with Crippen molar-refractivity contribution in [1.82, 2.24) is 4.90 Å². The van der Waals surface area contributed by atoms with Gasteiger partial charge in [-0.15, -0.1) is 0 Å². The molecule has 2 rings (SSSR count). The number of carbonyl (C=O) groups is 1. The summed E-state index contributed by atoms with van der Waals surface area (Å²) in [5.41, 5.74) is 0.